The molecule has 0 aliphatic rings. The molecule has 7 heteroatoms. The van der Waals surface area contributed by atoms with Crippen LogP contribution in [0.3, 0.4) is 0 Å². The Morgan fingerprint density at radius 1 is 0.900 bits per heavy atom. The Labute approximate surface area is 186 Å². The highest BCUT2D eigenvalue weighted by molar-refractivity contribution is 9.10. The number of carbonyl (C=O) groups excluding carboxylic acids is 1. The van der Waals surface area contributed by atoms with Gasteiger partial charge in [0, 0.05) is 17.2 Å². The number of nitrogens with zero attached hydrogens (tertiary/aromatic N) is 2. The Bertz CT molecular complexity index is 1150. The number of likely N-dealkylation sites (N-methyl/N-ethyl adjacent to an activating group) is 1. The summed E-state index contributed by atoms with van der Waals surface area (Å²) in [7, 11) is -2.32. The lowest BCUT2D eigenvalue weighted by Crippen LogP contribution is -2.42. The zero-order valence-electron chi connectivity index (χ0n) is 17.0. The van der Waals surface area contributed by atoms with Gasteiger partial charge >= 0.3 is 0 Å². The Morgan fingerprint density at radius 3 is 2.10 bits per heavy atom. The maximum Gasteiger partial charge on any atom is 0.264 e. The number of amides is 1. The van der Waals surface area contributed by atoms with Crippen molar-refractivity contribution < 1.29 is 13.2 Å². The smallest absolute Gasteiger partial charge is 0.264 e. The van der Waals surface area contributed by atoms with Crippen LogP contribution in [0.15, 0.2) is 82.2 Å². The first kappa shape index (κ1) is 22.1. The second-order valence-corrected chi connectivity index (χ2v) is 9.78. The highest BCUT2D eigenvalue weighted by Crippen LogP contribution is 2.32. The molecule has 0 radical (unpaired) electrons. The Balaban J connectivity index is 2.03. The second kappa shape index (κ2) is 9.02. The van der Waals surface area contributed by atoms with Crippen LogP contribution in [0.2, 0.25) is 0 Å². The molecule has 5 nitrogen and oxygen atoms in total. The maximum atomic E-state index is 13.5. The molecule has 0 spiro atoms. The quantitative estimate of drug-likeness (QED) is 0.496. The first-order valence-electron chi connectivity index (χ1n) is 9.37. The van der Waals surface area contributed by atoms with Crippen LogP contribution in [-0.4, -0.2) is 27.9 Å². The molecular weight excluding hydrogens is 464 g/mol. The van der Waals surface area contributed by atoms with E-state index in [4.69, 9.17) is 0 Å². The van der Waals surface area contributed by atoms with Gasteiger partial charge in [-0.1, -0.05) is 42.0 Å². The van der Waals surface area contributed by atoms with Gasteiger partial charge in [-0.2, -0.15) is 0 Å². The first-order chi connectivity index (χ1) is 14.2. The van der Waals surface area contributed by atoms with E-state index in [1.54, 1.807) is 49.5 Å². The number of para-hydroxylation sites is 1. The average Bonchev–Trinajstić information content (AvgIpc) is 2.72. The molecule has 0 N–H and O–H groups in total. The predicted molar refractivity (Wildman–Crippen MR) is 124 cm³/mol. The Kier molecular flexibility index (Phi) is 6.63. The van der Waals surface area contributed by atoms with Gasteiger partial charge in [-0.15, -0.1) is 0 Å². The van der Waals surface area contributed by atoms with E-state index in [0.29, 0.717) is 15.8 Å². The highest BCUT2D eigenvalue weighted by Gasteiger charge is 2.29. The van der Waals surface area contributed by atoms with Crippen molar-refractivity contribution in [3.8, 4) is 0 Å². The molecule has 0 unspecified atom stereocenters. The summed E-state index contributed by atoms with van der Waals surface area (Å²) >= 11 is 3.47. The monoisotopic (exact) mass is 486 g/mol. The number of carbonyl (C=O) groups is 1. The SMILES string of the molecule is Cc1ccc(S(=O)(=O)N(CC(=O)N(C)c2ccccc2)c2ccc(C)cc2Br)cc1. The molecule has 0 atom stereocenters. The van der Waals surface area contributed by atoms with Crippen LogP contribution in [0.25, 0.3) is 0 Å². The molecule has 0 saturated carbocycles. The summed E-state index contributed by atoms with van der Waals surface area (Å²) in [6.07, 6.45) is 0. The lowest BCUT2D eigenvalue weighted by molar-refractivity contribution is -0.116. The summed E-state index contributed by atoms with van der Waals surface area (Å²) in [6, 6.07) is 21.1. The van der Waals surface area contributed by atoms with E-state index >= 15 is 0 Å². The van der Waals surface area contributed by atoms with Crippen LogP contribution in [0.1, 0.15) is 11.1 Å². The van der Waals surface area contributed by atoms with Crippen molar-refractivity contribution >= 4 is 43.2 Å². The third-order valence-corrected chi connectivity index (χ3v) is 7.19. The van der Waals surface area contributed by atoms with E-state index in [2.05, 4.69) is 15.9 Å². The predicted octanol–water partition coefficient (Wildman–Crippen LogP) is 4.92. The zero-order valence-corrected chi connectivity index (χ0v) is 19.4. The van der Waals surface area contributed by atoms with Gasteiger partial charge in [-0.3, -0.25) is 9.10 Å². The van der Waals surface area contributed by atoms with Crippen LogP contribution >= 0.6 is 15.9 Å². The van der Waals surface area contributed by atoms with E-state index in [1.165, 1.54) is 4.90 Å². The van der Waals surface area contributed by atoms with Gasteiger partial charge < -0.3 is 4.90 Å². The molecule has 30 heavy (non-hydrogen) atoms. The summed E-state index contributed by atoms with van der Waals surface area (Å²) in [5.41, 5.74) is 3.04. The molecule has 0 aliphatic heterocycles. The van der Waals surface area contributed by atoms with Crippen molar-refractivity contribution in [2.45, 2.75) is 18.7 Å². The molecule has 3 aromatic rings. The first-order valence-corrected chi connectivity index (χ1v) is 11.6. The van der Waals surface area contributed by atoms with Gasteiger partial charge in [0.05, 0.1) is 10.6 Å². The van der Waals surface area contributed by atoms with E-state index in [-0.39, 0.29) is 17.3 Å². The maximum absolute atomic E-state index is 13.5. The fourth-order valence-corrected chi connectivity index (χ4v) is 5.23. The number of anilines is 2. The third-order valence-electron chi connectivity index (χ3n) is 4.78. The van der Waals surface area contributed by atoms with Gasteiger partial charge in [0.2, 0.25) is 5.91 Å². The molecule has 0 aromatic heterocycles. The lowest BCUT2D eigenvalue weighted by Gasteiger charge is -2.27. The number of sulfonamides is 1. The van der Waals surface area contributed by atoms with Crippen molar-refractivity contribution in [1.29, 1.82) is 0 Å². The van der Waals surface area contributed by atoms with E-state index in [0.717, 1.165) is 15.4 Å². The Morgan fingerprint density at radius 2 is 1.50 bits per heavy atom. The van der Waals surface area contributed by atoms with Gasteiger partial charge in [-0.25, -0.2) is 8.42 Å². The van der Waals surface area contributed by atoms with Crippen molar-refractivity contribution in [1.82, 2.24) is 0 Å². The molecule has 0 bridgehead atoms. The molecule has 3 aromatic carbocycles. The number of halogens is 1. The van der Waals surface area contributed by atoms with Crippen LogP contribution in [-0.2, 0) is 14.8 Å². The van der Waals surface area contributed by atoms with Gasteiger partial charge in [0.15, 0.2) is 0 Å². The number of benzene rings is 3. The van der Waals surface area contributed by atoms with Crippen LogP contribution in [0.4, 0.5) is 11.4 Å². The van der Waals surface area contributed by atoms with Crippen LogP contribution in [0.5, 0.6) is 0 Å². The standard InChI is InChI=1S/C23H23BrN2O3S/c1-17-9-12-20(13-10-17)30(28,29)26(22-14-11-18(2)15-21(22)24)16-23(27)25(3)19-7-5-4-6-8-19/h4-15H,16H2,1-3H3. The molecule has 0 aliphatic carbocycles. The van der Waals surface area contributed by atoms with Crippen LogP contribution in [0, 0.1) is 13.8 Å². The summed E-state index contributed by atoms with van der Waals surface area (Å²) in [5, 5.41) is 0. The minimum Gasteiger partial charge on any atom is -0.314 e. The Hall–Kier alpha value is -2.64. The average molecular weight is 487 g/mol. The molecular formula is C23H23BrN2O3S. The van der Waals surface area contributed by atoms with Gasteiger partial charge in [0.25, 0.3) is 10.0 Å². The molecule has 0 heterocycles. The molecule has 0 saturated heterocycles. The van der Waals surface area contributed by atoms with Crippen molar-refractivity contribution in [2.24, 2.45) is 0 Å². The highest BCUT2D eigenvalue weighted by atomic mass is 79.9. The number of aryl methyl sites for hydroxylation is 2. The summed E-state index contributed by atoms with van der Waals surface area (Å²) in [6.45, 7) is 3.48. The second-order valence-electron chi connectivity index (χ2n) is 7.07. The summed E-state index contributed by atoms with van der Waals surface area (Å²) < 4.78 is 28.8. The van der Waals surface area contributed by atoms with Crippen molar-refractivity contribution in [3.63, 3.8) is 0 Å². The minimum atomic E-state index is -3.96. The van der Waals surface area contributed by atoms with Gasteiger partial charge in [-0.05, 0) is 71.7 Å². The fraction of sp³-hybridized carbons (Fsp3) is 0.174. The topological polar surface area (TPSA) is 57.7 Å². The van der Waals surface area contributed by atoms with E-state index < -0.39 is 10.0 Å². The van der Waals surface area contributed by atoms with Gasteiger partial charge in [0.1, 0.15) is 6.54 Å². The van der Waals surface area contributed by atoms with Crippen molar-refractivity contribution in [3.05, 3.63) is 88.4 Å². The normalized spacial score (nSPS) is 11.2. The number of rotatable bonds is 6. The third kappa shape index (κ3) is 4.74. The van der Waals surface area contributed by atoms with E-state index in [9.17, 15) is 13.2 Å². The van der Waals surface area contributed by atoms with Crippen LogP contribution < -0.4 is 9.21 Å². The summed E-state index contributed by atoms with van der Waals surface area (Å²) in [5.74, 6) is -0.343. The zero-order chi connectivity index (χ0) is 21.9. The van der Waals surface area contributed by atoms with E-state index in [1.807, 2.05) is 44.2 Å². The molecule has 0 fully saturated rings. The molecule has 3 rings (SSSR count). The lowest BCUT2D eigenvalue weighted by atomic mass is 10.2. The largest absolute Gasteiger partial charge is 0.314 e. The minimum absolute atomic E-state index is 0.135. The number of hydrogen-bond acceptors (Lipinski definition) is 3. The molecule has 156 valence electrons. The fourth-order valence-electron chi connectivity index (χ4n) is 2.98. The van der Waals surface area contributed by atoms with Crippen molar-refractivity contribution in [2.75, 3.05) is 22.8 Å². The molecule has 1 amide bonds. The number of hydrogen-bond donors (Lipinski definition) is 0. The summed E-state index contributed by atoms with van der Waals surface area (Å²) in [4.78, 5) is 14.6.